The minimum absolute atomic E-state index is 0.439. The van der Waals surface area contributed by atoms with Crippen LogP contribution < -0.4 is 0 Å². The molecular formula is C9H14N2O. The third-order valence-corrected chi connectivity index (χ3v) is 3.17. The predicted molar refractivity (Wildman–Crippen MR) is 45.3 cm³/mol. The fraction of sp³-hybridized carbons (Fsp3) is 0.889. The van der Waals surface area contributed by atoms with Crippen LogP contribution in [-0.4, -0.2) is 36.0 Å². The zero-order chi connectivity index (χ0) is 8.13. The molecule has 3 aliphatic rings. The molecule has 3 heteroatoms. The van der Waals surface area contributed by atoms with Crippen molar-refractivity contribution < 1.29 is 4.74 Å². The molecule has 0 spiro atoms. The van der Waals surface area contributed by atoms with E-state index >= 15 is 0 Å². The molecule has 3 rings (SSSR count). The largest absolute Gasteiger partial charge is 0.374 e. The molecule has 3 nitrogen and oxygen atoms in total. The van der Waals surface area contributed by atoms with Crippen LogP contribution in [0.4, 0.5) is 0 Å². The van der Waals surface area contributed by atoms with Crippen molar-refractivity contribution in [3.8, 4) is 0 Å². The zero-order valence-corrected chi connectivity index (χ0v) is 7.12. The lowest BCUT2D eigenvalue weighted by atomic mass is 10.2. The van der Waals surface area contributed by atoms with Gasteiger partial charge in [-0.3, -0.25) is 5.41 Å². The van der Waals surface area contributed by atoms with Crippen LogP contribution in [0, 0.1) is 11.3 Å². The van der Waals surface area contributed by atoms with Crippen LogP contribution in [-0.2, 0) is 4.74 Å². The summed E-state index contributed by atoms with van der Waals surface area (Å²) < 4.78 is 5.49. The number of hydrogen-bond acceptors (Lipinski definition) is 2. The monoisotopic (exact) mass is 166 g/mol. The van der Waals surface area contributed by atoms with Crippen LogP contribution in [0.5, 0.6) is 0 Å². The molecule has 2 bridgehead atoms. The van der Waals surface area contributed by atoms with Gasteiger partial charge in [0.25, 0.3) is 0 Å². The molecule has 66 valence electrons. The van der Waals surface area contributed by atoms with E-state index in [9.17, 15) is 0 Å². The molecule has 2 heterocycles. The number of nitrogens with zero attached hydrogens (tertiary/aromatic N) is 1. The third kappa shape index (κ3) is 0.891. The zero-order valence-electron chi connectivity index (χ0n) is 7.12. The van der Waals surface area contributed by atoms with Crippen molar-refractivity contribution in [2.75, 3.05) is 13.2 Å². The Kier molecular flexibility index (Phi) is 1.28. The van der Waals surface area contributed by atoms with Crippen LogP contribution in [0.25, 0.3) is 0 Å². The van der Waals surface area contributed by atoms with Crippen molar-refractivity contribution in [1.29, 1.82) is 5.41 Å². The average Bonchev–Trinajstić information content (AvgIpc) is 2.73. The van der Waals surface area contributed by atoms with E-state index in [2.05, 4.69) is 4.90 Å². The van der Waals surface area contributed by atoms with Gasteiger partial charge >= 0.3 is 0 Å². The molecule has 0 radical (unpaired) electrons. The van der Waals surface area contributed by atoms with Crippen LogP contribution in [0.1, 0.15) is 19.3 Å². The van der Waals surface area contributed by atoms with Gasteiger partial charge in [-0.05, 0) is 19.3 Å². The van der Waals surface area contributed by atoms with E-state index in [0.29, 0.717) is 18.1 Å². The second kappa shape index (κ2) is 2.22. The number of morpholine rings is 1. The van der Waals surface area contributed by atoms with Gasteiger partial charge < -0.3 is 9.64 Å². The molecule has 0 aromatic rings. The standard InChI is InChI=1S/C9H14N2O/c10-9(6-1-2-6)11-4-8-3-7(11)5-12-8/h6-8,10H,1-5H2. The lowest BCUT2D eigenvalue weighted by Crippen LogP contribution is -2.41. The molecule has 3 fully saturated rings. The van der Waals surface area contributed by atoms with Crippen LogP contribution >= 0.6 is 0 Å². The molecule has 1 saturated carbocycles. The number of amidine groups is 1. The Morgan fingerprint density at radius 2 is 2.25 bits per heavy atom. The van der Waals surface area contributed by atoms with E-state index in [1.165, 1.54) is 12.8 Å². The van der Waals surface area contributed by atoms with Crippen LogP contribution in [0.2, 0.25) is 0 Å². The van der Waals surface area contributed by atoms with Gasteiger partial charge in [0.05, 0.1) is 24.6 Å². The second-order valence-corrected chi connectivity index (χ2v) is 4.16. The highest BCUT2D eigenvalue weighted by Crippen LogP contribution is 2.36. The molecule has 2 atom stereocenters. The molecule has 2 saturated heterocycles. The van der Waals surface area contributed by atoms with Crippen molar-refractivity contribution in [2.24, 2.45) is 5.92 Å². The number of likely N-dealkylation sites (tertiary alicyclic amines) is 1. The van der Waals surface area contributed by atoms with Crippen molar-refractivity contribution in [2.45, 2.75) is 31.4 Å². The Balaban J connectivity index is 1.73. The van der Waals surface area contributed by atoms with E-state index in [4.69, 9.17) is 10.1 Å². The first kappa shape index (κ1) is 6.89. The van der Waals surface area contributed by atoms with Crippen molar-refractivity contribution >= 4 is 5.84 Å². The van der Waals surface area contributed by atoms with Gasteiger partial charge in [-0.2, -0.15) is 0 Å². The molecule has 0 aromatic carbocycles. The Morgan fingerprint density at radius 1 is 1.42 bits per heavy atom. The van der Waals surface area contributed by atoms with Crippen molar-refractivity contribution in [1.82, 2.24) is 4.90 Å². The first-order valence-corrected chi connectivity index (χ1v) is 4.81. The van der Waals surface area contributed by atoms with E-state index in [1.807, 2.05) is 0 Å². The molecule has 2 aliphatic heterocycles. The van der Waals surface area contributed by atoms with Crippen LogP contribution in [0.15, 0.2) is 0 Å². The molecule has 12 heavy (non-hydrogen) atoms. The summed E-state index contributed by atoms with van der Waals surface area (Å²) in [5.41, 5.74) is 0. The summed E-state index contributed by atoms with van der Waals surface area (Å²) in [6.45, 7) is 1.85. The number of ether oxygens (including phenoxy) is 1. The molecule has 1 N–H and O–H groups in total. The van der Waals surface area contributed by atoms with Crippen molar-refractivity contribution in [3.05, 3.63) is 0 Å². The van der Waals surface area contributed by atoms with Gasteiger partial charge in [-0.15, -0.1) is 0 Å². The average molecular weight is 166 g/mol. The highest BCUT2D eigenvalue weighted by atomic mass is 16.5. The number of fused-ring (bicyclic) bond motifs is 2. The molecular weight excluding hydrogens is 152 g/mol. The Labute approximate surface area is 72.2 Å². The van der Waals surface area contributed by atoms with Gasteiger partial charge in [0.15, 0.2) is 0 Å². The summed E-state index contributed by atoms with van der Waals surface area (Å²) >= 11 is 0. The Bertz CT molecular complexity index is 225. The maximum atomic E-state index is 7.93. The Hall–Kier alpha value is -0.570. The number of rotatable bonds is 1. The van der Waals surface area contributed by atoms with Crippen LogP contribution in [0.3, 0.4) is 0 Å². The summed E-state index contributed by atoms with van der Waals surface area (Å²) in [7, 11) is 0. The second-order valence-electron chi connectivity index (χ2n) is 4.16. The topological polar surface area (TPSA) is 36.3 Å². The first-order valence-electron chi connectivity index (χ1n) is 4.81. The summed E-state index contributed by atoms with van der Waals surface area (Å²) in [5, 5.41) is 7.93. The van der Waals surface area contributed by atoms with E-state index < -0.39 is 0 Å². The number of nitrogens with one attached hydrogen (secondary N) is 1. The summed E-state index contributed by atoms with van der Waals surface area (Å²) in [6.07, 6.45) is 4.09. The minimum atomic E-state index is 0.439. The fourth-order valence-corrected chi connectivity index (χ4v) is 2.29. The molecule has 0 amide bonds. The maximum absolute atomic E-state index is 7.93. The quantitative estimate of drug-likeness (QED) is 0.463. The predicted octanol–water partition coefficient (Wildman–Crippen LogP) is 0.847. The van der Waals surface area contributed by atoms with Crippen molar-refractivity contribution in [3.63, 3.8) is 0 Å². The van der Waals surface area contributed by atoms with Gasteiger partial charge in [0.2, 0.25) is 0 Å². The fourth-order valence-electron chi connectivity index (χ4n) is 2.29. The minimum Gasteiger partial charge on any atom is -0.374 e. The third-order valence-electron chi connectivity index (χ3n) is 3.17. The summed E-state index contributed by atoms with van der Waals surface area (Å²) in [6, 6.07) is 0.545. The molecule has 1 aliphatic carbocycles. The molecule has 2 unspecified atom stereocenters. The first-order chi connectivity index (χ1) is 5.84. The highest BCUT2D eigenvalue weighted by Gasteiger charge is 2.43. The normalized spacial score (nSPS) is 39.2. The summed E-state index contributed by atoms with van der Waals surface area (Å²) in [5.74, 6) is 1.50. The lowest BCUT2D eigenvalue weighted by molar-refractivity contribution is 0.0554. The van der Waals surface area contributed by atoms with Gasteiger partial charge in [0.1, 0.15) is 0 Å². The SMILES string of the molecule is N=C(C1CC1)N1CC2CC1CO2. The Morgan fingerprint density at radius 3 is 2.75 bits per heavy atom. The molecule has 0 aromatic heterocycles. The van der Waals surface area contributed by atoms with E-state index in [1.54, 1.807) is 0 Å². The lowest BCUT2D eigenvalue weighted by Gasteiger charge is -2.29. The summed E-state index contributed by atoms with van der Waals surface area (Å²) in [4.78, 5) is 2.27. The van der Waals surface area contributed by atoms with Gasteiger partial charge in [-0.25, -0.2) is 0 Å². The van der Waals surface area contributed by atoms with E-state index in [0.717, 1.165) is 25.4 Å². The number of hydrogen-bond donors (Lipinski definition) is 1. The maximum Gasteiger partial charge on any atom is 0.0993 e. The van der Waals surface area contributed by atoms with Gasteiger partial charge in [0, 0.05) is 12.5 Å². The smallest absolute Gasteiger partial charge is 0.0993 e. The highest BCUT2D eigenvalue weighted by molar-refractivity contribution is 5.84. The van der Waals surface area contributed by atoms with Gasteiger partial charge in [-0.1, -0.05) is 0 Å². The van der Waals surface area contributed by atoms with E-state index in [-0.39, 0.29) is 0 Å².